The van der Waals surface area contributed by atoms with Crippen molar-refractivity contribution in [1.29, 1.82) is 0 Å². The minimum absolute atomic E-state index is 0.0134. The third-order valence-corrected chi connectivity index (χ3v) is 6.39. The minimum atomic E-state index is -0.692. The van der Waals surface area contributed by atoms with E-state index >= 15 is 0 Å². The van der Waals surface area contributed by atoms with Crippen molar-refractivity contribution in [1.82, 2.24) is 15.2 Å². The van der Waals surface area contributed by atoms with Crippen LogP contribution in [-0.2, 0) is 0 Å². The topological polar surface area (TPSA) is 88.6 Å². The number of nitrogens with zero attached hydrogens (tertiary/aromatic N) is 1. The Kier molecular flexibility index (Phi) is 9.37. The van der Waals surface area contributed by atoms with Gasteiger partial charge in [-0.2, -0.15) is 0 Å². The number of aromatic nitrogens is 1. The summed E-state index contributed by atoms with van der Waals surface area (Å²) >= 11 is 0. The number of piperidine rings is 1. The monoisotopic (exact) mass is 428 g/mol. The van der Waals surface area contributed by atoms with Crippen LogP contribution in [0.25, 0.3) is 10.9 Å². The minimum Gasteiger partial charge on any atom is -0.506 e. The molecule has 1 aromatic carbocycles. The van der Waals surface area contributed by atoms with E-state index in [1.54, 1.807) is 12.1 Å². The molecule has 6 nitrogen and oxygen atoms in total. The highest BCUT2D eigenvalue weighted by Gasteiger charge is 2.15. The highest BCUT2D eigenvalue weighted by Crippen LogP contribution is 2.28. The van der Waals surface area contributed by atoms with Gasteiger partial charge in [0, 0.05) is 18.0 Å². The quantitative estimate of drug-likeness (QED) is 0.387. The molecule has 31 heavy (non-hydrogen) atoms. The number of phenolic OH excluding ortho intramolecular Hbond substituents is 1. The van der Waals surface area contributed by atoms with E-state index in [0.717, 1.165) is 13.0 Å². The molecule has 0 saturated carbocycles. The molecule has 1 fully saturated rings. The van der Waals surface area contributed by atoms with Crippen LogP contribution < -0.4 is 10.9 Å². The van der Waals surface area contributed by atoms with Gasteiger partial charge in [-0.25, -0.2) is 0 Å². The van der Waals surface area contributed by atoms with Crippen LogP contribution in [0.2, 0.25) is 0 Å². The molecule has 1 aliphatic heterocycles. The molecule has 1 aromatic heterocycles. The third kappa shape index (κ3) is 7.34. The fraction of sp³-hybridized carbons (Fsp3) is 0.600. The molecular formula is C25H38N3O3. The number of likely N-dealkylation sites (tertiary alicyclic amines) is 1. The summed E-state index contributed by atoms with van der Waals surface area (Å²) in [5.41, 5.74) is 0.804. The number of hydrogen-bond donors (Lipinski definition) is 4. The first-order valence-electron chi connectivity index (χ1n) is 11.8. The first kappa shape index (κ1) is 23.8. The van der Waals surface area contributed by atoms with E-state index < -0.39 is 6.10 Å². The number of H-pyrrole nitrogens is 1. The molecule has 4 N–H and O–H groups in total. The van der Waals surface area contributed by atoms with Crippen LogP contribution in [0.1, 0.15) is 63.0 Å². The van der Waals surface area contributed by atoms with Crippen molar-refractivity contribution in [3.8, 4) is 5.75 Å². The molecule has 1 aliphatic rings. The summed E-state index contributed by atoms with van der Waals surface area (Å²) in [4.78, 5) is 16.7. The normalized spacial score (nSPS) is 16.7. The van der Waals surface area contributed by atoms with Gasteiger partial charge in [0.05, 0.1) is 11.6 Å². The molecule has 0 bridgehead atoms. The Bertz CT molecular complexity index is 859. The van der Waals surface area contributed by atoms with Crippen molar-refractivity contribution in [2.24, 2.45) is 5.92 Å². The Balaban J connectivity index is 1.26. The number of pyridine rings is 1. The Labute approximate surface area is 185 Å². The molecule has 0 spiro atoms. The Morgan fingerprint density at radius 3 is 2.55 bits per heavy atom. The molecule has 171 valence electrons. The molecule has 2 aromatic rings. The number of aromatic amines is 1. The van der Waals surface area contributed by atoms with Crippen molar-refractivity contribution in [3.05, 3.63) is 47.1 Å². The lowest BCUT2D eigenvalue weighted by molar-refractivity contribution is 0.176. The van der Waals surface area contributed by atoms with Gasteiger partial charge in [0.1, 0.15) is 5.75 Å². The van der Waals surface area contributed by atoms with Crippen molar-refractivity contribution in [3.63, 3.8) is 0 Å². The average molecular weight is 429 g/mol. The second kappa shape index (κ2) is 12.2. The van der Waals surface area contributed by atoms with Crippen molar-refractivity contribution in [2.75, 3.05) is 32.7 Å². The molecule has 1 atom stereocenters. The fourth-order valence-corrected chi connectivity index (χ4v) is 4.40. The SMILES string of the molecule is [CH2]C1CCN(CCCCCCCCNC[C@H](O)c2ccc(O)c3[nH]c(=O)ccc23)CC1. The predicted octanol–water partition coefficient (Wildman–Crippen LogP) is 3.74. The molecule has 0 aliphatic carbocycles. The number of nitrogens with one attached hydrogen (secondary N) is 2. The van der Waals surface area contributed by atoms with Gasteiger partial charge in [0.2, 0.25) is 5.56 Å². The van der Waals surface area contributed by atoms with E-state index in [1.807, 2.05) is 0 Å². The fourth-order valence-electron chi connectivity index (χ4n) is 4.40. The summed E-state index contributed by atoms with van der Waals surface area (Å²) in [7, 11) is 0. The maximum Gasteiger partial charge on any atom is 0.248 e. The summed E-state index contributed by atoms with van der Waals surface area (Å²) in [6.45, 7) is 9.18. The molecular weight excluding hydrogens is 390 g/mol. The van der Waals surface area contributed by atoms with Gasteiger partial charge in [-0.05, 0) is 75.5 Å². The van der Waals surface area contributed by atoms with Gasteiger partial charge in [0.15, 0.2) is 0 Å². The lowest BCUT2D eigenvalue weighted by Gasteiger charge is -2.30. The molecule has 0 unspecified atom stereocenters. The molecule has 6 heteroatoms. The van der Waals surface area contributed by atoms with Crippen molar-refractivity contribution >= 4 is 10.9 Å². The van der Waals surface area contributed by atoms with Gasteiger partial charge in [-0.15, -0.1) is 0 Å². The largest absolute Gasteiger partial charge is 0.506 e. The number of hydrogen-bond acceptors (Lipinski definition) is 5. The highest BCUT2D eigenvalue weighted by molar-refractivity contribution is 5.87. The third-order valence-electron chi connectivity index (χ3n) is 6.39. The van der Waals surface area contributed by atoms with Gasteiger partial charge < -0.3 is 25.4 Å². The van der Waals surface area contributed by atoms with Crippen LogP contribution in [0.3, 0.4) is 0 Å². The highest BCUT2D eigenvalue weighted by atomic mass is 16.3. The van der Waals surface area contributed by atoms with E-state index in [4.69, 9.17) is 0 Å². The zero-order chi connectivity index (χ0) is 22.1. The molecule has 1 radical (unpaired) electrons. The van der Waals surface area contributed by atoms with E-state index in [-0.39, 0.29) is 11.3 Å². The van der Waals surface area contributed by atoms with E-state index in [1.165, 1.54) is 76.7 Å². The maximum absolute atomic E-state index is 11.5. The summed E-state index contributed by atoms with van der Waals surface area (Å²) in [6, 6.07) is 6.29. The predicted molar refractivity (Wildman–Crippen MR) is 126 cm³/mol. The number of benzene rings is 1. The zero-order valence-electron chi connectivity index (χ0n) is 18.6. The van der Waals surface area contributed by atoms with Crippen molar-refractivity contribution < 1.29 is 10.2 Å². The number of aromatic hydroxyl groups is 1. The zero-order valence-corrected chi connectivity index (χ0v) is 18.6. The first-order chi connectivity index (χ1) is 15.0. The average Bonchev–Trinajstić information content (AvgIpc) is 2.76. The summed E-state index contributed by atoms with van der Waals surface area (Å²) in [6.07, 6.45) is 9.31. The van der Waals surface area contributed by atoms with Crippen LogP contribution >= 0.6 is 0 Å². The van der Waals surface area contributed by atoms with Gasteiger partial charge in [-0.3, -0.25) is 4.79 Å². The lowest BCUT2D eigenvalue weighted by Crippen LogP contribution is -2.33. The van der Waals surface area contributed by atoms with Gasteiger partial charge in [0.25, 0.3) is 0 Å². The number of rotatable bonds is 12. The van der Waals surface area contributed by atoms with E-state index in [9.17, 15) is 15.0 Å². The van der Waals surface area contributed by atoms with Crippen molar-refractivity contribution in [2.45, 2.75) is 57.5 Å². The Hall–Kier alpha value is -1.89. The van der Waals surface area contributed by atoms with E-state index in [0.29, 0.717) is 28.9 Å². The smallest absolute Gasteiger partial charge is 0.248 e. The molecule has 1 saturated heterocycles. The van der Waals surface area contributed by atoms with E-state index in [2.05, 4.69) is 22.1 Å². The number of aliphatic hydroxyl groups excluding tert-OH is 1. The van der Waals surface area contributed by atoms with Gasteiger partial charge >= 0.3 is 0 Å². The number of aliphatic hydroxyl groups is 1. The van der Waals surface area contributed by atoms with Crippen LogP contribution in [0, 0.1) is 12.8 Å². The second-order valence-electron chi connectivity index (χ2n) is 8.91. The number of phenols is 1. The molecule has 2 heterocycles. The standard InChI is InChI=1S/C25H38N3O3/c1-19-12-16-28(17-13-19)15-7-5-3-2-4-6-14-26-18-23(30)20-8-10-22(29)25-21(20)9-11-24(31)27-25/h8-11,19,23,26,29-30H,1-7,12-18H2,(H,27,31)/t23-/m0/s1. The van der Waals surface area contributed by atoms with Crippen LogP contribution in [0.5, 0.6) is 5.75 Å². The van der Waals surface area contributed by atoms with Crippen LogP contribution in [0.15, 0.2) is 29.1 Å². The van der Waals surface area contributed by atoms with Crippen LogP contribution in [-0.4, -0.2) is 52.8 Å². The molecule has 0 amide bonds. The number of unbranched alkanes of at least 4 members (excludes halogenated alkanes) is 5. The van der Waals surface area contributed by atoms with Crippen LogP contribution in [0.4, 0.5) is 0 Å². The summed E-state index contributed by atoms with van der Waals surface area (Å²) in [5.74, 6) is 0.677. The summed E-state index contributed by atoms with van der Waals surface area (Å²) in [5, 5.41) is 24.5. The maximum atomic E-state index is 11.5. The second-order valence-corrected chi connectivity index (χ2v) is 8.91. The summed E-state index contributed by atoms with van der Waals surface area (Å²) < 4.78 is 0. The number of fused-ring (bicyclic) bond motifs is 1. The first-order valence-corrected chi connectivity index (χ1v) is 11.8. The Morgan fingerprint density at radius 2 is 1.77 bits per heavy atom. The lowest BCUT2D eigenvalue weighted by atomic mass is 9.99. The van der Waals surface area contributed by atoms with Gasteiger partial charge in [-0.1, -0.05) is 38.7 Å². The Morgan fingerprint density at radius 1 is 1.06 bits per heavy atom. The molecule has 3 rings (SSSR count).